The Balaban J connectivity index is 1.77. The minimum atomic E-state index is -0.922. The molecular weight excluding hydrogens is 559 g/mol. The number of amides is 1. The minimum absolute atomic E-state index is 0.0949. The Morgan fingerprint density at radius 3 is 2.14 bits per heavy atom. The summed E-state index contributed by atoms with van der Waals surface area (Å²) in [7, 11) is 3.30. The number of benzene rings is 2. The molecule has 0 aromatic heterocycles. The Morgan fingerprint density at radius 2 is 1.57 bits per heavy atom. The number of esters is 1. The van der Waals surface area contributed by atoms with Gasteiger partial charge in [0.05, 0.1) is 18.3 Å². The van der Waals surface area contributed by atoms with E-state index in [4.69, 9.17) is 23.5 Å². The summed E-state index contributed by atoms with van der Waals surface area (Å²) >= 11 is 0. The minimum Gasteiger partial charge on any atom is -0.497 e. The first kappa shape index (κ1) is 35.4. The van der Waals surface area contributed by atoms with Crippen LogP contribution in [0.15, 0.2) is 54.6 Å². The number of carbonyl (C=O) groups is 2. The van der Waals surface area contributed by atoms with Crippen molar-refractivity contribution in [3.8, 4) is 5.75 Å². The molecule has 2 aromatic carbocycles. The standard InChI is InChI=1S/C34H51BN2O7/c1-32(2,3)42-30(38)29(36-31(39)41-24-26-14-11-10-12-15-26)27(16-13-21-35-43-33(4,5)34(6,7)44-35)23-37(8)22-25-17-19-28(40-9)20-18-25/h10-12,14-15,17-20,27,29H,13,16,21-24H2,1-9H3,(H,36,39)/t27-,29+/m1/s1. The Labute approximate surface area is 264 Å². The molecule has 1 heterocycles. The summed E-state index contributed by atoms with van der Waals surface area (Å²) in [5.41, 5.74) is 0.396. The molecule has 10 heteroatoms. The molecule has 0 saturated carbocycles. The highest BCUT2D eigenvalue weighted by atomic mass is 16.7. The molecule has 1 aliphatic rings. The molecule has 242 valence electrons. The molecule has 0 unspecified atom stereocenters. The lowest BCUT2D eigenvalue weighted by Crippen LogP contribution is -2.51. The van der Waals surface area contributed by atoms with Gasteiger partial charge in [-0.15, -0.1) is 0 Å². The number of carbonyl (C=O) groups excluding carboxylic acids is 2. The molecule has 1 N–H and O–H groups in total. The maximum Gasteiger partial charge on any atom is 0.457 e. The number of rotatable bonds is 14. The highest BCUT2D eigenvalue weighted by Crippen LogP contribution is 2.38. The predicted molar refractivity (Wildman–Crippen MR) is 172 cm³/mol. The first-order chi connectivity index (χ1) is 20.6. The third kappa shape index (κ3) is 10.8. The van der Waals surface area contributed by atoms with Gasteiger partial charge in [0.25, 0.3) is 0 Å². The van der Waals surface area contributed by atoms with Crippen molar-refractivity contribution < 1.29 is 33.1 Å². The van der Waals surface area contributed by atoms with Crippen molar-refractivity contribution in [3.63, 3.8) is 0 Å². The fraction of sp³-hybridized carbons (Fsp3) is 0.588. The number of ether oxygens (including phenoxy) is 3. The Hall–Kier alpha value is -3.08. The van der Waals surface area contributed by atoms with Gasteiger partial charge >= 0.3 is 19.2 Å². The molecular formula is C34H51BN2O7. The maximum absolute atomic E-state index is 13.6. The molecule has 2 atom stereocenters. The first-order valence-corrected chi connectivity index (χ1v) is 15.5. The molecule has 0 bridgehead atoms. The molecule has 3 rings (SSSR count). The lowest BCUT2D eigenvalue weighted by molar-refractivity contribution is -0.159. The van der Waals surface area contributed by atoms with E-state index in [1.165, 1.54) is 0 Å². The third-order valence-corrected chi connectivity index (χ3v) is 8.09. The van der Waals surface area contributed by atoms with E-state index < -0.39 is 34.9 Å². The number of alkyl carbamates (subject to hydrolysis) is 1. The molecule has 44 heavy (non-hydrogen) atoms. The van der Waals surface area contributed by atoms with Crippen LogP contribution in [0.3, 0.4) is 0 Å². The topological polar surface area (TPSA) is 95.6 Å². The van der Waals surface area contributed by atoms with Crippen molar-refractivity contribution in [2.24, 2.45) is 5.92 Å². The van der Waals surface area contributed by atoms with E-state index in [2.05, 4.69) is 10.2 Å². The molecule has 2 aromatic rings. The van der Waals surface area contributed by atoms with E-state index in [9.17, 15) is 9.59 Å². The van der Waals surface area contributed by atoms with Gasteiger partial charge in [-0.05, 0) is 91.5 Å². The van der Waals surface area contributed by atoms with Crippen LogP contribution in [0.25, 0.3) is 0 Å². The summed E-state index contributed by atoms with van der Waals surface area (Å²) in [6.45, 7) is 14.9. The molecule has 1 amide bonds. The summed E-state index contributed by atoms with van der Waals surface area (Å²) in [6, 6.07) is 16.4. The second kappa shape index (κ2) is 15.3. The van der Waals surface area contributed by atoms with Crippen LogP contribution in [-0.4, -0.2) is 67.6 Å². The van der Waals surface area contributed by atoms with Gasteiger partial charge in [-0.25, -0.2) is 9.59 Å². The van der Waals surface area contributed by atoms with E-state index >= 15 is 0 Å². The van der Waals surface area contributed by atoms with Crippen LogP contribution in [0.2, 0.25) is 6.32 Å². The fourth-order valence-corrected chi connectivity index (χ4v) is 5.13. The fourth-order valence-electron chi connectivity index (χ4n) is 5.13. The van der Waals surface area contributed by atoms with Crippen LogP contribution in [0.1, 0.15) is 72.4 Å². The summed E-state index contributed by atoms with van der Waals surface area (Å²) in [6.07, 6.45) is 1.33. The molecule has 0 aliphatic carbocycles. The van der Waals surface area contributed by atoms with Gasteiger partial charge in [-0.1, -0.05) is 48.9 Å². The molecule has 0 radical (unpaired) electrons. The quantitative estimate of drug-likeness (QED) is 0.198. The van der Waals surface area contributed by atoms with Gasteiger partial charge in [0.15, 0.2) is 0 Å². The lowest BCUT2D eigenvalue weighted by Gasteiger charge is -2.32. The van der Waals surface area contributed by atoms with Crippen molar-refractivity contribution >= 4 is 19.2 Å². The molecule has 1 fully saturated rings. The largest absolute Gasteiger partial charge is 0.497 e. The van der Waals surface area contributed by atoms with E-state index in [-0.39, 0.29) is 19.6 Å². The second-order valence-electron chi connectivity index (χ2n) is 13.6. The first-order valence-electron chi connectivity index (χ1n) is 15.5. The second-order valence-corrected chi connectivity index (χ2v) is 13.6. The zero-order chi connectivity index (χ0) is 32.5. The van der Waals surface area contributed by atoms with Crippen LogP contribution >= 0.6 is 0 Å². The van der Waals surface area contributed by atoms with Crippen LogP contribution in [0.4, 0.5) is 4.79 Å². The van der Waals surface area contributed by atoms with Gasteiger partial charge in [-0.2, -0.15) is 0 Å². The zero-order valence-electron chi connectivity index (χ0n) is 28.0. The lowest BCUT2D eigenvalue weighted by atomic mass is 9.80. The number of nitrogens with zero attached hydrogens (tertiary/aromatic N) is 1. The number of methoxy groups -OCH3 is 1. The van der Waals surface area contributed by atoms with Crippen molar-refractivity contribution in [1.29, 1.82) is 0 Å². The smallest absolute Gasteiger partial charge is 0.457 e. The summed E-state index contributed by atoms with van der Waals surface area (Å²) in [5.74, 6) is 0.0210. The normalized spacial score (nSPS) is 17.2. The van der Waals surface area contributed by atoms with Gasteiger partial charge in [-0.3, -0.25) is 0 Å². The Kier molecular flexibility index (Phi) is 12.3. The Bertz CT molecular complexity index is 1180. The van der Waals surface area contributed by atoms with E-state index in [0.717, 1.165) is 23.3 Å². The summed E-state index contributed by atoms with van der Waals surface area (Å²) in [4.78, 5) is 28.8. The number of hydrogen-bond donors (Lipinski definition) is 1. The van der Waals surface area contributed by atoms with Crippen molar-refractivity contribution in [1.82, 2.24) is 10.2 Å². The van der Waals surface area contributed by atoms with Crippen molar-refractivity contribution in [3.05, 3.63) is 65.7 Å². The molecule has 9 nitrogen and oxygen atoms in total. The molecule has 0 spiro atoms. The highest BCUT2D eigenvalue weighted by Gasteiger charge is 2.50. The highest BCUT2D eigenvalue weighted by molar-refractivity contribution is 6.45. The van der Waals surface area contributed by atoms with Crippen LogP contribution in [-0.2, 0) is 36.7 Å². The van der Waals surface area contributed by atoms with E-state index in [1.54, 1.807) is 7.11 Å². The van der Waals surface area contributed by atoms with Crippen LogP contribution in [0.5, 0.6) is 5.75 Å². The average molecular weight is 611 g/mol. The maximum atomic E-state index is 13.6. The molecule has 1 aliphatic heterocycles. The van der Waals surface area contributed by atoms with Gasteiger partial charge in [0, 0.05) is 19.0 Å². The average Bonchev–Trinajstić information content (AvgIpc) is 3.15. The van der Waals surface area contributed by atoms with Gasteiger partial charge in [0.1, 0.15) is 24.0 Å². The number of hydrogen-bond acceptors (Lipinski definition) is 8. The van der Waals surface area contributed by atoms with Crippen LogP contribution in [0, 0.1) is 5.92 Å². The van der Waals surface area contributed by atoms with Crippen LogP contribution < -0.4 is 10.1 Å². The SMILES string of the molecule is COc1ccc(CN(C)C[C@@H](CCCB2OC(C)(C)C(C)(C)O2)[C@H](NC(=O)OCc2ccccc2)C(=O)OC(C)(C)C)cc1. The monoisotopic (exact) mass is 610 g/mol. The number of nitrogens with one attached hydrogen (secondary N) is 1. The van der Waals surface area contributed by atoms with E-state index in [1.807, 2.05) is 110 Å². The summed E-state index contributed by atoms with van der Waals surface area (Å²) in [5, 5.41) is 2.86. The van der Waals surface area contributed by atoms with E-state index in [0.29, 0.717) is 25.8 Å². The molecule has 1 saturated heterocycles. The predicted octanol–water partition coefficient (Wildman–Crippen LogP) is 6.25. The van der Waals surface area contributed by atoms with Gasteiger partial charge in [0.2, 0.25) is 0 Å². The van der Waals surface area contributed by atoms with Crippen molar-refractivity contribution in [2.75, 3.05) is 20.7 Å². The summed E-state index contributed by atoms with van der Waals surface area (Å²) < 4.78 is 29.1. The third-order valence-electron chi connectivity index (χ3n) is 8.09. The zero-order valence-corrected chi connectivity index (χ0v) is 28.0. The Morgan fingerprint density at radius 1 is 0.955 bits per heavy atom. The van der Waals surface area contributed by atoms with Crippen molar-refractivity contribution in [2.45, 2.75) is 104 Å². The van der Waals surface area contributed by atoms with Gasteiger partial charge < -0.3 is 33.7 Å².